The Morgan fingerprint density at radius 2 is 1.88 bits per heavy atom. The number of ether oxygens (including phenoxy) is 1. The smallest absolute Gasteiger partial charge is 0.339 e. The second kappa shape index (κ2) is 10.0. The van der Waals surface area contributed by atoms with Crippen molar-refractivity contribution in [1.29, 1.82) is 0 Å². The lowest BCUT2D eigenvalue weighted by atomic mass is 10.2. The fraction of sp³-hybridized carbons (Fsp3) is 0.0909. The van der Waals surface area contributed by atoms with E-state index in [1.165, 1.54) is 62.7 Å². The maximum Gasteiger partial charge on any atom is 0.339 e. The number of methoxy groups -OCH3 is 1. The predicted octanol–water partition coefficient (Wildman–Crippen LogP) is 3.82. The first-order valence-electron chi connectivity index (χ1n) is 9.61. The molecule has 0 spiro atoms. The summed E-state index contributed by atoms with van der Waals surface area (Å²) in [6.45, 7) is 1.50. The van der Waals surface area contributed by atoms with Crippen LogP contribution in [0.25, 0.3) is 0 Å². The van der Waals surface area contributed by atoms with Gasteiger partial charge in [-0.2, -0.15) is 13.5 Å². The SMILES string of the molecule is COc1cc(/C=N/Nc2cccc(C(=O)O)c2)ccc1OS(=O)(=O)c1ccc(C)c([N+](=O)[O-])c1. The Balaban J connectivity index is 1.79. The van der Waals surface area contributed by atoms with Gasteiger partial charge in [-0.15, -0.1) is 0 Å². The third kappa shape index (κ3) is 5.66. The normalized spacial score (nSPS) is 11.2. The minimum atomic E-state index is -4.37. The van der Waals surface area contributed by atoms with Crippen molar-refractivity contribution in [2.24, 2.45) is 5.10 Å². The zero-order valence-electron chi connectivity index (χ0n) is 18.0. The largest absolute Gasteiger partial charge is 0.493 e. The Bertz CT molecular complexity index is 1390. The van der Waals surface area contributed by atoms with Crippen LogP contribution in [-0.2, 0) is 10.1 Å². The van der Waals surface area contributed by atoms with Gasteiger partial charge in [0.15, 0.2) is 11.5 Å². The number of aryl methyl sites for hydroxylation is 1. The summed E-state index contributed by atoms with van der Waals surface area (Å²) in [7, 11) is -3.05. The van der Waals surface area contributed by atoms with Crippen molar-refractivity contribution >= 4 is 33.7 Å². The Labute approximate surface area is 194 Å². The van der Waals surface area contributed by atoms with Crippen LogP contribution in [0.3, 0.4) is 0 Å². The van der Waals surface area contributed by atoms with Crippen molar-refractivity contribution in [3.05, 3.63) is 87.5 Å². The molecule has 176 valence electrons. The maximum absolute atomic E-state index is 12.7. The van der Waals surface area contributed by atoms with Crippen LogP contribution in [0.1, 0.15) is 21.5 Å². The number of carboxylic acids is 1. The maximum atomic E-state index is 12.7. The fourth-order valence-electron chi connectivity index (χ4n) is 2.84. The van der Waals surface area contributed by atoms with Gasteiger partial charge in [-0.25, -0.2) is 4.79 Å². The average molecular weight is 485 g/mol. The van der Waals surface area contributed by atoms with Crippen LogP contribution in [0.15, 0.2) is 70.7 Å². The van der Waals surface area contributed by atoms with Crippen LogP contribution < -0.4 is 14.3 Å². The van der Waals surface area contributed by atoms with Gasteiger partial charge in [-0.05, 0) is 55.0 Å². The van der Waals surface area contributed by atoms with Gasteiger partial charge in [-0.3, -0.25) is 15.5 Å². The van der Waals surface area contributed by atoms with Crippen molar-refractivity contribution in [3.63, 3.8) is 0 Å². The molecule has 0 amide bonds. The summed E-state index contributed by atoms with van der Waals surface area (Å²) < 4.78 is 35.7. The van der Waals surface area contributed by atoms with Crippen molar-refractivity contribution in [1.82, 2.24) is 0 Å². The molecule has 0 aliphatic rings. The number of rotatable bonds is 9. The summed E-state index contributed by atoms with van der Waals surface area (Å²) in [6, 6.07) is 13.9. The number of carboxylic acid groups (broad SMARTS) is 1. The van der Waals surface area contributed by atoms with E-state index >= 15 is 0 Å². The number of hydrogen-bond acceptors (Lipinski definition) is 9. The number of hydrazone groups is 1. The zero-order chi connectivity index (χ0) is 24.9. The number of carbonyl (C=O) groups is 1. The van der Waals surface area contributed by atoms with Crippen LogP contribution >= 0.6 is 0 Å². The highest BCUT2D eigenvalue weighted by atomic mass is 32.2. The van der Waals surface area contributed by atoms with E-state index in [4.69, 9.17) is 14.0 Å². The van der Waals surface area contributed by atoms with Crippen LogP contribution in [0.5, 0.6) is 11.5 Å². The molecule has 0 aromatic heterocycles. The lowest BCUT2D eigenvalue weighted by Crippen LogP contribution is -2.11. The Morgan fingerprint density at radius 1 is 1.12 bits per heavy atom. The molecular formula is C22H19N3O8S. The minimum absolute atomic E-state index is 0.0852. The first-order valence-corrected chi connectivity index (χ1v) is 11.0. The number of aromatic carboxylic acids is 1. The topological polar surface area (TPSA) is 157 Å². The second-order valence-electron chi connectivity index (χ2n) is 6.91. The predicted molar refractivity (Wildman–Crippen MR) is 123 cm³/mol. The Morgan fingerprint density at radius 3 is 2.56 bits per heavy atom. The minimum Gasteiger partial charge on any atom is -0.493 e. The van der Waals surface area contributed by atoms with Gasteiger partial charge in [0.25, 0.3) is 5.69 Å². The van der Waals surface area contributed by atoms with E-state index in [0.717, 1.165) is 6.07 Å². The fourth-order valence-corrected chi connectivity index (χ4v) is 3.81. The van der Waals surface area contributed by atoms with Gasteiger partial charge in [-0.1, -0.05) is 12.1 Å². The van der Waals surface area contributed by atoms with Gasteiger partial charge >= 0.3 is 16.1 Å². The first kappa shape index (κ1) is 24.2. The number of nitro groups is 1. The van der Waals surface area contributed by atoms with Crippen LogP contribution in [-0.4, -0.2) is 37.7 Å². The second-order valence-corrected chi connectivity index (χ2v) is 8.46. The van der Waals surface area contributed by atoms with Gasteiger partial charge in [0.05, 0.1) is 29.5 Å². The average Bonchev–Trinajstić information content (AvgIpc) is 2.80. The molecule has 3 rings (SSSR count). The van der Waals surface area contributed by atoms with Crippen molar-refractivity contribution in [3.8, 4) is 11.5 Å². The molecule has 0 atom stereocenters. The van der Waals surface area contributed by atoms with Crippen LogP contribution in [0, 0.1) is 17.0 Å². The lowest BCUT2D eigenvalue weighted by Gasteiger charge is -2.11. The number of nitrogens with zero attached hydrogens (tertiary/aromatic N) is 2. The highest BCUT2D eigenvalue weighted by molar-refractivity contribution is 7.87. The highest BCUT2D eigenvalue weighted by Crippen LogP contribution is 2.31. The van der Waals surface area contributed by atoms with E-state index in [0.29, 0.717) is 16.8 Å². The molecule has 0 bridgehead atoms. The third-order valence-electron chi connectivity index (χ3n) is 4.57. The molecular weight excluding hydrogens is 466 g/mol. The van der Waals surface area contributed by atoms with E-state index in [-0.39, 0.29) is 27.6 Å². The zero-order valence-corrected chi connectivity index (χ0v) is 18.8. The quantitative estimate of drug-likeness (QED) is 0.199. The number of hydrogen-bond donors (Lipinski definition) is 2. The van der Waals surface area contributed by atoms with Gasteiger partial charge < -0.3 is 14.0 Å². The summed E-state index contributed by atoms with van der Waals surface area (Å²) in [5.41, 5.74) is 3.76. The van der Waals surface area contributed by atoms with E-state index in [9.17, 15) is 23.3 Å². The molecule has 34 heavy (non-hydrogen) atoms. The van der Waals surface area contributed by atoms with Crippen LogP contribution in [0.4, 0.5) is 11.4 Å². The highest BCUT2D eigenvalue weighted by Gasteiger charge is 2.23. The molecule has 0 fully saturated rings. The third-order valence-corrected chi connectivity index (χ3v) is 5.80. The summed E-state index contributed by atoms with van der Waals surface area (Å²) in [5, 5.41) is 24.2. The summed E-state index contributed by atoms with van der Waals surface area (Å²) in [6.07, 6.45) is 1.41. The van der Waals surface area contributed by atoms with Crippen LogP contribution in [0.2, 0.25) is 0 Å². The van der Waals surface area contributed by atoms with E-state index < -0.39 is 21.0 Å². The van der Waals surface area contributed by atoms with Crippen molar-refractivity contribution < 1.29 is 32.2 Å². The molecule has 0 aliphatic heterocycles. The molecule has 12 heteroatoms. The van der Waals surface area contributed by atoms with E-state index in [2.05, 4.69) is 10.5 Å². The standard InChI is InChI=1S/C22H19N3O8S/c1-14-6-8-18(12-19(14)25(28)29)34(30,31)33-20-9-7-15(10-21(20)32-2)13-23-24-17-5-3-4-16(11-17)22(26)27/h3-13,24H,1-2H3,(H,26,27)/b23-13+. The molecule has 3 aromatic carbocycles. The molecule has 0 aliphatic carbocycles. The summed E-state index contributed by atoms with van der Waals surface area (Å²) in [5.74, 6) is -1.10. The lowest BCUT2D eigenvalue weighted by molar-refractivity contribution is -0.385. The molecule has 3 aromatic rings. The number of benzene rings is 3. The van der Waals surface area contributed by atoms with Crippen molar-refractivity contribution in [2.75, 3.05) is 12.5 Å². The molecule has 0 saturated carbocycles. The van der Waals surface area contributed by atoms with E-state index in [1.807, 2.05) is 0 Å². The number of nitrogens with one attached hydrogen (secondary N) is 1. The van der Waals surface area contributed by atoms with Crippen molar-refractivity contribution in [2.45, 2.75) is 11.8 Å². The molecule has 0 heterocycles. The molecule has 2 N–H and O–H groups in total. The summed E-state index contributed by atoms with van der Waals surface area (Å²) in [4.78, 5) is 21.1. The number of anilines is 1. The monoisotopic (exact) mass is 485 g/mol. The molecule has 0 unspecified atom stereocenters. The van der Waals surface area contributed by atoms with Gasteiger partial charge in [0, 0.05) is 11.6 Å². The van der Waals surface area contributed by atoms with Gasteiger partial charge in [0.1, 0.15) is 4.90 Å². The van der Waals surface area contributed by atoms with E-state index in [1.54, 1.807) is 12.1 Å². The first-order chi connectivity index (χ1) is 16.1. The Hall–Kier alpha value is -4.45. The number of nitro benzene ring substituents is 1. The molecule has 11 nitrogen and oxygen atoms in total. The molecule has 0 radical (unpaired) electrons. The summed E-state index contributed by atoms with van der Waals surface area (Å²) >= 11 is 0. The van der Waals surface area contributed by atoms with Gasteiger partial charge in [0.2, 0.25) is 0 Å². The molecule has 0 saturated heterocycles. The Kier molecular flexibility index (Phi) is 7.12.